The Bertz CT molecular complexity index is 836. The number of benzene rings is 1. The predicted molar refractivity (Wildman–Crippen MR) is 120 cm³/mol. The number of unbranched alkanes of at least 4 members (excludes halogenated alkanes) is 1. The van der Waals surface area contributed by atoms with Crippen LogP contribution in [0.4, 0.5) is 5.69 Å². The Kier molecular flexibility index (Phi) is 8.06. The smallest absolute Gasteiger partial charge is 0.337 e. The number of carbonyl (C=O) groups is 1. The number of hydrogen-bond donors (Lipinski definition) is 2. The van der Waals surface area contributed by atoms with Gasteiger partial charge >= 0.3 is 5.97 Å². The number of rotatable bonds is 10. The molecule has 0 aliphatic heterocycles. The third kappa shape index (κ3) is 6.12. The number of nitrogens with one attached hydrogen (secondary N) is 1. The maximum Gasteiger partial charge on any atom is 0.337 e. The van der Waals surface area contributed by atoms with E-state index in [1.165, 1.54) is 0 Å². The maximum absolute atomic E-state index is 11.8. The van der Waals surface area contributed by atoms with E-state index in [9.17, 15) is 9.90 Å². The molecule has 0 heterocycles. The Morgan fingerprint density at radius 2 is 2.00 bits per heavy atom. The van der Waals surface area contributed by atoms with Crippen molar-refractivity contribution in [3.8, 4) is 0 Å². The van der Waals surface area contributed by atoms with Gasteiger partial charge in [-0.2, -0.15) is 0 Å². The fraction of sp³-hybridized carbons (Fsp3) is 0.320. The summed E-state index contributed by atoms with van der Waals surface area (Å²) in [7, 11) is 0. The summed E-state index contributed by atoms with van der Waals surface area (Å²) in [5, 5.41) is 12.8. The molecule has 1 saturated carbocycles. The largest absolute Gasteiger partial charge is 0.478 e. The predicted octanol–water partition coefficient (Wildman–Crippen LogP) is 6.83. The second kappa shape index (κ2) is 10.5. The van der Waals surface area contributed by atoms with Gasteiger partial charge in [0.1, 0.15) is 0 Å². The highest BCUT2D eigenvalue weighted by Crippen LogP contribution is 2.38. The SMILES string of the molecule is C=C(Nc1ccc(/C=C\CCC)c(/C=C\C)c1)/C(=C\C(=C/C)C1CC1)C(=O)O. The molecule has 28 heavy (non-hydrogen) atoms. The van der Waals surface area contributed by atoms with Crippen LogP contribution < -0.4 is 5.32 Å². The van der Waals surface area contributed by atoms with Crippen molar-refractivity contribution in [1.29, 1.82) is 0 Å². The van der Waals surface area contributed by atoms with Gasteiger partial charge < -0.3 is 10.4 Å². The molecule has 0 spiro atoms. The van der Waals surface area contributed by atoms with E-state index in [4.69, 9.17) is 0 Å². The number of hydrogen-bond acceptors (Lipinski definition) is 2. The van der Waals surface area contributed by atoms with E-state index < -0.39 is 5.97 Å². The van der Waals surface area contributed by atoms with Gasteiger partial charge in [-0.1, -0.05) is 56.4 Å². The molecule has 1 aromatic rings. The van der Waals surface area contributed by atoms with Crippen LogP contribution in [-0.2, 0) is 4.79 Å². The molecule has 1 aliphatic rings. The summed E-state index contributed by atoms with van der Waals surface area (Å²) in [5.74, 6) is -0.479. The molecule has 2 rings (SSSR count). The molecule has 148 valence electrons. The van der Waals surface area contributed by atoms with Gasteiger partial charge in [0.2, 0.25) is 0 Å². The lowest BCUT2D eigenvalue weighted by Crippen LogP contribution is -2.10. The standard InChI is InChI=1S/C25H31NO2/c1-5-8-9-11-20-14-15-23(16-22(20)10-6-2)26-18(4)24(25(27)28)17-19(7-3)21-12-13-21/h6-7,9-11,14-17,21,26H,4-5,8,12-13H2,1-3H3,(H,27,28)/b10-6-,11-9-,19-7+,24-17+. The average molecular weight is 378 g/mol. The van der Waals surface area contributed by atoms with E-state index in [1.54, 1.807) is 6.08 Å². The van der Waals surface area contributed by atoms with E-state index in [0.29, 0.717) is 11.6 Å². The first-order valence-electron chi connectivity index (χ1n) is 10.0. The molecule has 3 heteroatoms. The highest BCUT2D eigenvalue weighted by Gasteiger charge is 2.25. The lowest BCUT2D eigenvalue weighted by Gasteiger charge is -2.13. The van der Waals surface area contributed by atoms with Gasteiger partial charge in [0.25, 0.3) is 0 Å². The number of allylic oxidation sites excluding steroid dienone is 5. The quantitative estimate of drug-likeness (QED) is 0.347. The molecule has 0 saturated heterocycles. The first kappa shape index (κ1) is 21.5. The van der Waals surface area contributed by atoms with Crippen LogP contribution in [0.2, 0.25) is 0 Å². The van der Waals surface area contributed by atoms with Crippen LogP contribution in [0.1, 0.15) is 57.6 Å². The van der Waals surface area contributed by atoms with Crippen molar-refractivity contribution in [3.05, 3.63) is 77.1 Å². The second-order valence-electron chi connectivity index (χ2n) is 7.06. The molecule has 2 N–H and O–H groups in total. The summed E-state index contributed by atoms with van der Waals surface area (Å²) >= 11 is 0. The van der Waals surface area contributed by atoms with Crippen molar-refractivity contribution in [3.63, 3.8) is 0 Å². The fourth-order valence-electron chi connectivity index (χ4n) is 3.04. The zero-order valence-corrected chi connectivity index (χ0v) is 17.2. The number of carboxylic acids is 1. The molecular weight excluding hydrogens is 346 g/mol. The summed E-state index contributed by atoms with van der Waals surface area (Å²) in [6.07, 6.45) is 16.5. The van der Waals surface area contributed by atoms with Crippen LogP contribution in [0.15, 0.2) is 65.9 Å². The van der Waals surface area contributed by atoms with Gasteiger partial charge in [-0.05, 0) is 73.9 Å². The van der Waals surface area contributed by atoms with E-state index >= 15 is 0 Å². The van der Waals surface area contributed by atoms with Crippen LogP contribution >= 0.6 is 0 Å². The molecule has 0 bridgehead atoms. The van der Waals surface area contributed by atoms with Gasteiger partial charge in [-0.15, -0.1) is 0 Å². The van der Waals surface area contributed by atoms with Crippen molar-refractivity contribution >= 4 is 23.8 Å². The summed E-state index contributed by atoms with van der Waals surface area (Å²) in [6.45, 7) is 10.1. The summed E-state index contributed by atoms with van der Waals surface area (Å²) in [6, 6.07) is 6.03. The number of aliphatic carboxylic acids is 1. The zero-order chi connectivity index (χ0) is 20.5. The minimum Gasteiger partial charge on any atom is -0.478 e. The molecule has 0 atom stereocenters. The first-order chi connectivity index (χ1) is 13.5. The minimum absolute atomic E-state index is 0.208. The van der Waals surface area contributed by atoms with E-state index in [0.717, 1.165) is 48.1 Å². The third-order valence-electron chi connectivity index (χ3n) is 4.73. The second-order valence-corrected chi connectivity index (χ2v) is 7.06. The Morgan fingerprint density at radius 1 is 1.25 bits per heavy atom. The Morgan fingerprint density at radius 3 is 2.57 bits per heavy atom. The van der Waals surface area contributed by atoms with Gasteiger partial charge in [0.05, 0.1) is 5.57 Å². The molecule has 1 aliphatic carbocycles. The van der Waals surface area contributed by atoms with Crippen molar-refractivity contribution in [1.82, 2.24) is 0 Å². The molecule has 3 nitrogen and oxygen atoms in total. The monoisotopic (exact) mass is 377 g/mol. The molecule has 0 amide bonds. The lowest BCUT2D eigenvalue weighted by atomic mass is 10.0. The molecule has 0 radical (unpaired) electrons. The maximum atomic E-state index is 11.8. The van der Waals surface area contributed by atoms with Gasteiger partial charge in [-0.3, -0.25) is 0 Å². The van der Waals surface area contributed by atoms with E-state index in [2.05, 4.69) is 37.0 Å². The Balaban J connectivity index is 2.24. The molecule has 0 aromatic heterocycles. The first-order valence-corrected chi connectivity index (χ1v) is 10.0. The van der Waals surface area contributed by atoms with Crippen molar-refractivity contribution in [2.45, 2.75) is 46.5 Å². The molecule has 1 aromatic carbocycles. The Labute approximate surface area is 168 Å². The van der Waals surface area contributed by atoms with Gasteiger partial charge in [-0.25, -0.2) is 4.79 Å². The third-order valence-corrected chi connectivity index (χ3v) is 4.73. The van der Waals surface area contributed by atoms with E-state index in [-0.39, 0.29) is 5.57 Å². The lowest BCUT2D eigenvalue weighted by molar-refractivity contribution is -0.132. The normalized spacial score (nSPS) is 15.4. The fourth-order valence-corrected chi connectivity index (χ4v) is 3.04. The van der Waals surface area contributed by atoms with Crippen LogP contribution in [-0.4, -0.2) is 11.1 Å². The summed E-state index contributed by atoms with van der Waals surface area (Å²) < 4.78 is 0. The molecular formula is C25H31NO2. The highest BCUT2D eigenvalue weighted by atomic mass is 16.4. The van der Waals surface area contributed by atoms with Crippen LogP contribution in [0.25, 0.3) is 12.2 Å². The topological polar surface area (TPSA) is 49.3 Å². The zero-order valence-electron chi connectivity index (χ0n) is 17.2. The van der Waals surface area contributed by atoms with E-state index in [1.807, 2.05) is 44.2 Å². The minimum atomic E-state index is -0.967. The van der Waals surface area contributed by atoms with Crippen LogP contribution in [0, 0.1) is 5.92 Å². The Hall–Kier alpha value is -2.81. The number of carboxylic acid groups (broad SMARTS) is 1. The van der Waals surface area contributed by atoms with Gasteiger partial charge in [0, 0.05) is 11.4 Å². The average Bonchev–Trinajstić information content (AvgIpc) is 3.49. The highest BCUT2D eigenvalue weighted by molar-refractivity contribution is 5.93. The summed E-state index contributed by atoms with van der Waals surface area (Å²) in [4.78, 5) is 11.8. The summed E-state index contributed by atoms with van der Waals surface area (Å²) in [5.41, 5.74) is 4.73. The van der Waals surface area contributed by atoms with Crippen molar-refractivity contribution in [2.24, 2.45) is 5.92 Å². The van der Waals surface area contributed by atoms with Crippen LogP contribution in [0.3, 0.4) is 0 Å². The molecule has 0 unspecified atom stereocenters. The molecule has 1 fully saturated rings. The van der Waals surface area contributed by atoms with Crippen molar-refractivity contribution in [2.75, 3.05) is 5.32 Å². The van der Waals surface area contributed by atoms with Crippen LogP contribution in [0.5, 0.6) is 0 Å². The number of anilines is 1. The van der Waals surface area contributed by atoms with Crippen molar-refractivity contribution < 1.29 is 9.90 Å². The van der Waals surface area contributed by atoms with Gasteiger partial charge in [0.15, 0.2) is 0 Å².